The molecule has 2 aliphatic rings. The number of hydrogen-bond donors (Lipinski definition) is 3. The molecular weight excluding hydrogens is 278 g/mol. The topological polar surface area (TPSA) is 73.0 Å². The Morgan fingerprint density at radius 2 is 2.40 bits per heavy atom. The van der Waals surface area contributed by atoms with Gasteiger partial charge in [0.2, 0.25) is 0 Å². The van der Waals surface area contributed by atoms with Gasteiger partial charge in [-0.1, -0.05) is 0 Å². The Morgan fingerprint density at radius 1 is 1.55 bits per heavy atom. The third-order valence-corrected chi connectivity index (χ3v) is 4.19. The molecule has 1 aromatic rings. The molecule has 1 atom stereocenters. The second-order valence-electron chi connectivity index (χ2n) is 5.44. The molecule has 0 spiro atoms. The van der Waals surface area contributed by atoms with Crippen molar-refractivity contribution >= 4 is 18.3 Å². The molecule has 0 bridgehead atoms. The third kappa shape index (κ3) is 2.97. The van der Waals surface area contributed by atoms with Gasteiger partial charge in [-0.25, -0.2) is 0 Å². The van der Waals surface area contributed by atoms with Crippen molar-refractivity contribution in [2.45, 2.75) is 31.8 Å². The summed E-state index contributed by atoms with van der Waals surface area (Å²) in [5.74, 6) is -0.0542. The smallest absolute Gasteiger partial charge is 0.272 e. The van der Waals surface area contributed by atoms with Crippen LogP contribution >= 0.6 is 12.4 Å². The highest BCUT2D eigenvalue weighted by molar-refractivity contribution is 5.94. The van der Waals surface area contributed by atoms with Crippen molar-refractivity contribution in [1.82, 2.24) is 25.7 Å². The van der Waals surface area contributed by atoms with Crippen LogP contribution < -0.4 is 10.6 Å². The summed E-state index contributed by atoms with van der Waals surface area (Å²) in [7, 11) is 2.12. The highest BCUT2D eigenvalue weighted by Gasteiger charge is 2.24. The summed E-state index contributed by atoms with van der Waals surface area (Å²) >= 11 is 0. The van der Waals surface area contributed by atoms with Crippen LogP contribution in [0.25, 0.3) is 0 Å². The number of aromatic amines is 1. The van der Waals surface area contributed by atoms with E-state index >= 15 is 0 Å². The number of aromatic nitrogens is 2. The van der Waals surface area contributed by atoms with Crippen molar-refractivity contribution in [3.05, 3.63) is 17.0 Å². The van der Waals surface area contributed by atoms with Crippen molar-refractivity contribution < 1.29 is 4.79 Å². The first-order valence-electron chi connectivity index (χ1n) is 7.01. The normalized spacial score (nSPS) is 22.1. The highest BCUT2D eigenvalue weighted by atomic mass is 35.5. The molecule has 3 N–H and O–H groups in total. The molecular formula is C13H22ClN5O. The Kier molecular flexibility index (Phi) is 5.01. The van der Waals surface area contributed by atoms with Crippen molar-refractivity contribution in [1.29, 1.82) is 0 Å². The van der Waals surface area contributed by atoms with Crippen LogP contribution in [-0.2, 0) is 13.0 Å². The third-order valence-electron chi connectivity index (χ3n) is 4.19. The summed E-state index contributed by atoms with van der Waals surface area (Å²) in [6.45, 7) is 3.52. The van der Waals surface area contributed by atoms with Crippen LogP contribution in [-0.4, -0.2) is 53.7 Å². The minimum absolute atomic E-state index is 0. The van der Waals surface area contributed by atoms with Crippen molar-refractivity contribution in [3.63, 3.8) is 0 Å². The summed E-state index contributed by atoms with van der Waals surface area (Å²) in [4.78, 5) is 14.5. The van der Waals surface area contributed by atoms with Crippen LogP contribution in [0.2, 0.25) is 0 Å². The first-order chi connectivity index (χ1) is 9.25. The quantitative estimate of drug-likeness (QED) is 0.751. The molecule has 3 rings (SSSR count). The molecule has 0 radical (unpaired) electrons. The first kappa shape index (κ1) is 15.3. The number of likely N-dealkylation sites (tertiary alicyclic amines) is 1. The second kappa shape index (κ2) is 6.56. The van der Waals surface area contributed by atoms with E-state index in [1.807, 2.05) is 0 Å². The van der Waals surface area contributed by atoms with Crippen molar-refractivity contribution in [3.8, 4) is 0 Å². The largest absolute Gasteiger partial charge is 0.349 e. The Hall–Kier alpha value is -1.11. The number of carbonyl (C=O) groups is 1. The molecule has 3 heterocycles. The van der Waals surface area contributed by atoms with Gasteiger partial charge < -0.3 is 15.5 Å². The first-order valence-corrected chi connectivity index (χ1v) is 7.01. The average Bonchev–Trinajstić information content (AvgIpc) is 3.02. The van der Waals surface area contributed by atoms with Crippen LogP contribution in [0.15, 0.2) is 0 Å². The fourth-order valence-corrected chi connectivity index (χ4v) is 2.94. The van der Waals surface area contributed by atoms with Gasteiger partial charge >= 0.3 is 0 Å². The minimum Gasteiger partial charge on any atom is -0.349 e. The van der Waals surface area contributed by atoms with E-state index in [0.717, 1.165) is 43.7 Å². The zero-order chi connectivity index (χ0) is 13.2. The SMILES string of the molecule is CN1CCCC1CNC(=O)c1n[nH]c2c1CNCC2.Cl. The van der Waals surface area contributed by atoms with E-state index in [0.29, 0.717) is 18.3 Å². The monoisotopic (exact) mass is 299 g/mol. The molecule has 7 heteroatoms. The van der Waals surface area contributed by atoms with Gasteiger partial charge in [0.05, 0.1) is 0 Å². The molecule has 1 saturated heterocycles. The second-order valence-corrected chi connectivity index (χ2v) is 5.44. The number of fused-ring (bicyclic) bond motifs is 1. The van der Waals surface area contributed by atoms with Crippen molar-refractivity contribution in [2.24, 2.45) is 0 Å². The molecule has 0 aliphatic carbocycles. The molecule has 2 aliphatic heterocycles. The van der Waals surface area contributed by atoms with E-state index in [1.165, 1.54) is 6.42 Å². The number of hydrogen-bond acceptors (Lipinski definition) is 4. The lowest BCUT2D eigenvalue weighted by atomic mass is 10.1. The molecule has 1 amide bonds. The number of H-pyrrole nitrogens is 1. The van der Waals surface area contributed by atoms with Gasteiger partial charge in [0.1, 0.15) is 0 Å². The molecule has 1 fully saturated rings. The Balaban J connectivity index is 0.00000147. The Bertz CT molecular complexity index is 475. The van der Waals surface area contributed by atoms with Gasteiger partial charge in [-0.15, -0.1) is 12.4 Å². The average molecular weight is 300 g/mol. The van der Waals surface area contributed by atoms with E-state index in [9.17, 15) is 4.79 Å². The lowest BCUT2D eigenvalue weighted by Crippen LogP contribution is -2.38. The maximum atomic E-state index is 12.2. The molecule has 6 nitrogen and oxygen atoms in total. The number of carbonyl (C=O) groups excluding carboxylic acids is 1. The summed E-state index contributed by atoms with van der Waals surface area (Å²) < 4.78 is 0. The summed E-state index contributed by atoms with van der Waals surface area (Å²) in [6.07, 6.45) is 3.30. The summed E-state index contributed by atoms with van der Waals surface area (Å²) in [5, 5.41) is 13.4. The molecule has 0 aromatic carbocycles. The lowest BCUT2D eigenvalue weighted by molar-refractivity contribution is 0.0937. The van der Waals surface area contributed by atoms with Gasteiger partial charge in [-0.3, -0.25) is 9.89 Å². The number of rotatable bonds is 3. The molecule has 20 heavy (non-hydrogen) atoms. The van der Waals surface area contributed by atoms with Gasteiger partial charge in [-0.2, -0.15) is 5.10 Å². The van der Waals surface area contributed by atoms with Gasteiger partial charge in [-0.05, 0) is 26.4 Å². The van der Waals surface area contributed by atoms with Crippen LogP contribution in [0.3, 0.4) is 0 Å². The molecule has 1 aromatic heterocycles. The fraction of sp³-hybridized carbons (Fsp3) is 0.692. The van der Waals surface area contributed by atoms with Crippen LogP contribution in [0.4, 0.5) is 0 Å². The van der Waals surface area contributed by atoms with Crippen LogP contribution in [0.5, 0.6) is 0 Å². The van der Waals surface area contributed by atoms with Gasteiger partial charge in [0.25, 0.3) is 5.91 Å². The fourth-order valence-electron chi connectivity index (χ4n) is 2.94. The van der Waals surface area contributed by atoms with E-state index in [2.05, 4.69) is 32.8 Å². The zero-order valence-electron chi connectivity index (χ0n) is 11.7. The number of likely N-dealkylation sites (N-methyl/N-ethyl adjacent to an activating group) is 1. The van der Waals surface area contributed by atoms with E-state index < -0.39 is 0 Å². The Labute approximate surface area is 125 Å². The zero-order valence-corrected chi connectivity index (χ0v) is 12.6. The number of nitrogens with one attached hydrogen (secondary N) is 3. The van der Waals surface area contributed by atoms with Gasteiger partial charge in [0, 0.05) is 43.4 Å². The minimum atomic E-state index is -0.0542. The summed E-state index contributed by atoms with van der Waals surface area (Å²) in [6, 6.07) is 0.469. The van der Waals surface area contributed by atoms with Gasteiger partial charge in [0.15, 0.2) is 5.69 Å². The molecule has 1 unspecified atom stereocenters. The molecule has 0 saturated carbocycles. The molecule has 112 valence electrons. The van der Waals surface area contributed by atoms with Crippen molar-refractivity contribution in [2.75, 3.05) is 26.7 Å². The summed E-state index contributed by atoms with van der Waals surface area (Å²) in [5.41, 5.74) is 2.69. The number of halogens is 1. The maximum Gasteiger partial charge on any atom is 0.272 e. The number of nitrogens with zero attached hydrogens (tertiary/aromatic N) is 2. The van der Waals surface area contributed by atoms with E-state index in [1.54, 1.807) is 0 Å². The van der Waals surface area contributed by atoms with E-state index in [4.69, 9.17) is 0 Å². The predicted octanol–water partition coefficient (Wildman–Crippen LogP) is 0.301. The van der Waals surface area contributed by atoms with Crippen LogP contribution in [0, 0.1) is 0 Å². The highest BCUT2D eigenvalue weighted by Crippen LogP contribution is 2.16. The van der Waals surface area contributed by atoms with E-state index in [-0.39, 0.29) is 18.3 Å². The standard InChI is InChI=1S/C13H21N5O.ClH/c1-18-6-2-3-9(18)7-15-13(19)12-10-8-14-5-4-11(10)16-17-12;/h9,14H,2-8H2,1H3,(H,15,19)(H,16,17);1H. The maximum absolute atomic E-state index is 12.2. The van der Waals surface area contributed by atoms with Crippen LogP contribution in [0.1, 0.15) is 34.6 Å². The predicted molar refractivity (Wildman–Crippen MR) is 79.2 cm³/mol. The lowest BCUT2D eigenvalue weighted by Gasteiger charge is -2.19. The number of amides is 1. The Morgan fingerprint density at radius 3 is 3.15 bits per heavy atom.